The molecule has 3 heterocycles. The SMILES string of the molecule is Cn1ccc(Nc2ncnc3sc(-c4ccccc4)cc23)n1. The average molecular weight is 307 g/mol. The normalized spacial score (nSPS) is 11.0. The Morgan fingerprint density at radius 2 is 1.95 bits per heavy atom. The Balaban J connectivity index is 1.78. The van der Waals surface area contributed by atoms with Gasteiger partial charge in [-0.3, -0.25) is 4.68 Å². The molecular formula is C16H13N5S. The van der Waals surface area contributed by atoms with Crippen molar-refractivity contribution in [3.8, 4) is 10.4 Å². The quantitative estimate of drug-likeness (QED) is 0.625. The molecule has 3 aromatic heterocycles. The third-order valence-corrected chi connectivity index (χ3v) is 4.44. The van der Waals surface area contributed by atoms with E-state index in [1.807, 2.05) is 37.5 Å². The molecule has 22 heavy (non-hydrogen) atoms. The number of hydrogen-bond acceptors (Lipinski definition) is 5. The van der Waals surface area contributed by atoms with Crippen LogP contribution >= 0.6 is 11.3 Å². The third kappa shape index (κ3) is 2.33. The van der Waals surface area contributed by atoms with Crippen molar-refractivity contribution in [3.63, 3.8) is 0 Å². The van der Waals surface area contributed by atoms with Crippen molar-refractivity contribution in [2.24, 2.45) is 7.05 Å². The van der Waals surface area contributed by atoms with Gasteiger partial charge in [0.1, 0.15) is 17.0 Å². The van der Waals surface area contributed by atoms with Crippen molar-refractivity contribution in [2.75, 3.05) is 5.32 Å². The molecule has 0 bridgehead atoms. The maximum Gasteiger partial charge on any atom is 0.153 e. The standard InChI is InChI=1S/C16H13N5S/c1-21-8-7-14(20-21)19-15-12-9-13(11-5-3-2-4-6-11)22-16(12)18-10-17-15/h2-10H,1H3,(H,17,18,19,20). The minimum atomic E-state index is 0.773. The zero-order chi connectivity index (χ0) is 14.9. The highest BCUT2D eigenvalue weighted by molar-refractivity contribution is 7.21. The van der Waals surface area contributed by atoms with Gasteiger partial charge in [-0.15, -0.1) is 11.3 Å². The number of benzene rings is 1. The molecule has 4 aromatic rings. The summed E-state index contributed by atoms with van der Waals surface area (Å²) in [5, 5.41) is 8.59. The first kappa shape index (κ1) is 13.0. The second-order valence-electron chi connectivity index (χ2n) is 4.92. The molecule has 0 aliphatic rings. The summed E-state index contributed by atoms with van der Waals surface area (Å²) >= 11 is 1.66. The molecule has 1 N–H and O–H groups in total. The van der Waals surface area contributed by atoms with Gasteiger partial charge in [0, 0.05) is 24.2 Å². The van der Waals surface area contributed by atoms with Crippen molar-refractivity contribution < 1.29 is 0 Å². The first-order valence-electron chi connectivity index (χ1n) is 6.86. The minimum absolute atomic E-state index is 0.773. The van der Waals surface area contributed by atoms with Crippen molar-refractivity contribution in [1.29, 1.82) is 0 Å². The van der Waals surface area contributed by atoms with Crippen LogP contribution < -0.4 is 5.32 Å². The summed E-state index contributed by atoms with van der Waals surface area (Å²) in [6.07, 6.45) is 3.47. The van der Waals surface area contributed by atoms with Crippen molar-refractivity contribution in [3.05, 3.63) is 55.0 Å². The largest absolute Gasteiger partial charge is 0.323 e. The number of anilines is 2. The second-order valence-corrected chi connectivity index (χ2v) is 5.95. The molecule has 0 amide bonds. The molecule has 0 saturated heterocycles. The predicted molar refractivity (Wildman–Crippen MR) is 89.3 cm³/mol. The fraction of sp³-hybridized carbons (Fsp3) is 0.0625. The van der Waals surface area contributed by atoms with E-state index in [4.69, 9.17) is 0 Å². The van der Waals surface area contributed by atoms with Gasteiger partial charge in [0.2, 0.25) is 0 Å². The number of fused-ring (bicyclic) bond motifs is 1. The third-order valence-electron chi connectivity index (χ3n) is 3.35. The van der Waals surface area contributed by atoms with E-state index in [2.05, 4.69) is 38.6 Å². The summed E-state index contributed by atoms with van der Waals surface area (Å²) in [7, 11) is 1.89. The maximum absolute atomic E-state index is 4.38. The highest BCUT2D eigenvalue weighted by atomic mass is 32.1. The molecule has 0 unspecified atom stereocenters. The van der Waals surface area contributed by atoms with Crippen LogP contribution in [-0.2, 0) is 7.05 Å². The van der Waals surface area contributed by atoms with Crippen LogP contribution in [-0.4, -0.2) is 19.7 Å². The summed E-state index contributed by atoms with van der Waals surface area (Å²) in [5.74, 6) is 1.55. The molecule has 1 aromatic carbocycles. The van der Waals surface area contributed by atoms with E-state index in [0.29, 0.717) is 0 Å². The highest BCUT2D eigenvalue weighted by Gasteiger charge is 2.10. The zero-order valence-electron chi connectivity index (χ0n) is 11.9. The Bertz CT molecular complexity index is 926. The van der Waals surface area contributed by atoms with Crippen molar-refractivity contribution in [2.45, 2.75) is 0 Å². The van der Waals surface area contributed by atoms with Gasteiger partial charge in [-0.25, -0.2) is 9.97 Å². The number of aryl methyl sites for hydroxylation is 1. The lowest BCUT2D eigenvalue weighted by molar-refractivity contribution is 0.771. The predicted octanol–water partition coefficient (Wildman–Crippen LogP) is 3.84. The zero-order valence-corrected chi connectivity index (χ0v) is 12.7. The molecule has 0 spiro atoms. The molecule has 0 fully saturated rings. The number of hydrogen-bond donors (Lipinski definition) is 1. The first-order valence-corrected chi connectivity index (χ1v) is 7.68. The van der Waals surface area contributed by atoms with Gasteiger partial charge in [-0.05, 0) is 11.6 Å². The molecular weight excluding hydrogens is 294 g/mol. The molecule has 0 aliphatic carbocycles. The molecule has 108 valence electrons. The summed E-state index contributed by atoms with van der Waals surface area (Å²) in [6.45, 7) is 0. The topological polar surface area (TPSA) is 55.6 Å². The van der Waals surface area contributed by atoms with E-state index >= 15 is 0 Å². The van der Waals surface area contributed by atoms with Crippen LogP contribution in [0.1, 0.15) is 0 Å². The average Bonchev–Trinajstić information content (AvgIpc) is 3.15. The van der Waals surface area contributed by atoms with Gasteiger partial charge in [0.15, 0.2) is 5.82 Å². The van der Waals surface area contributed by atoms with Gasteiger partial charge in [-0.1, -0.05) is 30.3 Å². The van der Waals surface area contributed by atoms with Gasteiger partial charge in [0.25, 0.3) is 0 Å². The highest BCUT2D eigenvalue weighted by Crippen LogP contribution is 2.35. The van der Waals surface area contributed by atoms with E-state index in [-0.39, 0.29) is 0 Å². The van der Waals surface area contributed by atoms with Gasteiger partial charge >= 0.3 is 0 Å². The lowest BCUT2D eigenvalue weighted by atomic mass is 10.2. The van der Waals surface area contributed by atoms with Crippen LogP contribution in [0.15, 0.2) is 55.0 Å². The van der Waals surface area contributed by atoms with Gasteiger partial charge in [-0.2, -0.15) is 5.10 Å². The van der Waals surface area contributed by atoms with Crippen LogP contribution in [0.4, 0.5) is 11.6 Å². The Kier molecular flexibility index (Phi) is 3.08. The van der Waals surface area contributed by atoms with Crippen molar-refractivity contribution >= 4 is 33.2 Å². The number of thiophene rings is 1. The Morgan fingerprint density at radius 3 is 2.73 bits per heavy atom. The summed E-state index contributed by atoms with van der Waals surface area (Å²) in [4.78, 5) is 10.9. The van der Waals surface area contributed by atoms with E-state index < -0.39 is 0 Å². The summed E-state index contributed by atoms with van der Waals surface area (Å²) in [6, 6.07) is 14.3. The van der Waals surface area contributed by atoms with E-state index in [0.717, 1.165) is 21.9 Å². The molecule has 0 aliphatic heterocycles. The fourth-order valence-electron chi connectivity index (χ4n) is 2.30. The van der Waals surface area contributed by atoms with Gasteiger partial charge < -0.3 is 5.32 Å². The molecule has 6 heteroatoms. The Morgan fingerprint density at radius 1 is 1.09 bits per heavy atom. The summed E-state index contributed by atoms with van der Waals surface area (Å²) < 4.78 is 1.75. The number of aromatic nitrogens is 4. The summed E-state index contributed by atoms with van der Waals surface area (Å²) in [5.41, 5.74) is 1.19. The van der Waals surface area contributed by atoms with Crippen LogP contribution in [0.25, 0.3) is 20.7 Å². The van der Waals surface area contributed by atoms with E-state index in [9.17, 15) is 0 Å². The number of nitrogens with one attached hydrogen (secondary N) is 1. The molecule has 5 nitrogen and oxygen atoms in total. The molecule has 0 atom stereocenters. The first-order chi connectivity index (χ1) is 10.8. The molecule has 4 rings (SSSR count). The smallest absolute Gasteiger partial charge is 0.153 e. The van der Waals surface area contributed by atoms with Crippen LogP contribution in [0.5, 0.6) is 0 Å². The van der Waals surface area contributed by atoms with Gasteiger partial charge in [0.05, 0.1) is 5.39 Å². The lowest BCUT2D eigenvalue weighted by Gasteiger charge is -2.02. The van der Waals surface area contributed by atoms with E-state index in [1.54, 1.807) is 22.3 Å². The fourth-order valence-corrected chi connectivity index (χ4v) is 3.31. The van der Waals surface area contributed by atoms with Crippen molar-refractivity contribution in [1.82, 2.24) is 19.7 Å². The van der Waals surface area contributed by atoms with Crippen LogP contribution in [0, 0.1) is 0 Å². The lowest BCUT2D eigenvalue weighted by Crippen LogP contribution is -1.96. The number of rotatable bonds is 3. The number of nitrogens with zero attached hydrogens (tertiary/aromatic N) is 4. The van der Waals surface area contributed by atoms with Crippen LogP contribution in [0.3, 0.4) is 0 Å². The molecule has 0 radical (unpaired) electrons. The second kappa shape index (κ2) is 5.23. The maximum atomic E-state index is 4.38. The minimum Gasteiger partial charge on any atom is -0.323 e. The molecule has 0 saturated carbocycles. The Hall–Kier alpha value is -2.73. The monoisotopic (exact) mass is 307 g/mol. The van der Waals surface area contributed by atoms with E-state index in [1.165, 1.54) is 10.4 Å². The van der Waals surface area contributed by atoms with Crippen LogP contribution in [0.2, 0.25) is 0 Å². The Labute approximate surface area is 131 Å².